The Hall–Kier alpha value is -1.82. The number of anilines is 1. The zero-order chi connectivity index (χ0) is 14.4. The van der Waals surface area contributed by atoms with Crippen molar-refractivity contribution in [1.82, 2.24) is 5.32 Å². The van der Waals surface area contributed by atoms with E-state index < -0.39 is 4.92 Å². The highest BCUT2D eigenvalue weighted by Gasteiger charge is 2.16. The lowest BCUT2D eigenvalue weighted by molar-refractivity contribution is -0.385. The Morgan fingerprint density at radius 1 is 1.45 bits per heavy atom. The van der Waals surface area contributed by atoms with Gasteiger partial charge in [0, 0.05) is 24.4 Å². The first-order chi connectivity index (χ1) is 9.70. The average Bonchev–Trinajstić information content (AvgIpc) is 2.46. The third-order valence-electron chi connectivity index (χ3n) is 3.51. The van der Waals surface area contributed by atoms with Gasteiger partial charge in [0.15, 0.2) is 5.75 Å². The molecule has 0 unspecified atom stereocenters. The summed E-state index contributed by atoms with van der Waals surface area (Å²) in [5.41, 5.74) is 0.886. The smallest absolute Gasteiger partial charge is 0.311 e. The average molecular weight is 279 g/mol. The predicted octanol–water partition coefficient (Wildman–Crippen LogP) is 2.41. The number of benzene rings is 1. The number of nitrogens with zero attached hydrogens (tertiary/aromatic N) is 1. The molecule has 1 aliphatic heterocycles. The molecule has 20 heavy (non-hydrogen) atoms. The Morgan fingerprint density at radius 2 is 2.20 bits per heavy atom. The van der Waals surface area contributed by atoms with Crippen LogP contribution in [0.25, 0.3) is 0 Å². The van der Waals surface area contributed by atoms with Crippen LogP contribution in [0, 0.1) is 16.0 Å². The van der Waals surface area contributed by atoms with Crippen molar-refractivity contribution in [3.05, 3.63) is 28.3 Å². The molecule has 0 atom stereocenters. The highest BCUT2D eigenvalue weighted by atomic mass is 16.6. The molecule has 1 aromatic carbocycles. The Kier molecular flexibility index (Phi) is 5.17. The normalized spacial score (nSPS) is 15.8. The van der Waals surface area contributed by atoms with Gasteiger partial charge in [-0.2, -0.15) is 0 Å². The molecule has 6 nitrogen and oxygen atoms in total. The summed E-state index contributed by atoms with van der Waals surface area (Å²) in [6.45, 7) is 5.26. The van der Waals surface area contributed by atoms with Crippen molar-refractivity contribution in [2.45, 2.75) is 19.8 Å². The van der Waals surface area contributed by atoms with Gasteiger partial charge in [0.1, 0.15) is 0 Å². The lowest BCUT2D eigenvalue weighted by Crippen LogP contribution is -2.31. The second-order valence-electron chi connectivity index (χ2n) is 4.95. The third-order valence-corrected chi connectivity index (χ3v) is 3.51. The van der Waals surface area contributed by atoms with Crippen LogP contribution in [-0.4, -0.2) is 31.2 Å². The fourth-order valence-corrected chi connectivity index (χ4v) is 2.39. The number of rotatable bonds is 6. The molecule has 1 saturated heterocycles. The van der Waals surface area contributed by atoms with E-state index in [4.69, 9.17) is 4.74 Å². The lowest BCUT2D eigenvalue weighted by Gasteiger charge is -2.23. The number of hydrogen-bond donors (Lipinski definition) is 2. The standard InChI is InChI=1S/C14H21N3O3/c1-2-20-14-9-12(3-4-13(14)17(18)19)16-10-11-5-7-15-8-6-11/h3-4,9,11,15-16H,2,5-8,10H2,1H3. The SMILES string of the molecule is CCOc1cc(NCC2CCNCC2)ccc1[N+](=O)[O-]. The summed E-state index contributed by atoms with van der Waals surface area (Å²) in [6.07, 6.45) is 2.33. The molecule has 1 heterocycles. The predicted molar refractivity (Wildman–Crippen MR) is 78.3 cm³/mol. The molecule has 2 N–H and O–H groups in total. The fourth-order valence-electron chi connectivity index (χ4n) is 2.39. The lowest BCUT2D eigenvalue weighted by atomic mass is 9.98. The Morgan fingerprint density at radius 3 is 2.85 bits per heavy atom. The largest absolute Gasteiger partial charge is 0.487 e. The van der Waals surface area contributed by atoms with Crippen LogP contribution >= 0.6 is 0 Å². The molecule has 0 spiro atoms. The molecule has 0 amide bonds. The first-order valence-electron chi connectivity index (χ1n) is 7.06. The van der Waals surface area contributed by atoms with Gasteiger partial charge in [-0.1, -0.05) is 0 Å². The van der Waals surface area contributed by atoms with Crippen molar-refractivity contribution in [3.8, 4) is 5.75 Å². The van der Waals surface area contributed by atoms with Gasteiger partial charge in [0.2, 0.25) is 0 Å². The van der Waals surface area contributed by atoms with Crippen LogP contribution in [0.1, 0.15) is 19.8 Å². The second kappa shape index (κ2) is 7.09. The highest BCUT2D eigenvalue weighted by Crippen LogP contribution is 2.30. The highest BCUT2D eigenvalue weighted by molar-refractivity contribution is 5.58. The molecule has 0 aromatic heterocycles. The van der Waals surface area contributed by atoms with Crippen LogP contribution in [0.15, 0.2) is 18.2 Å². The minimum Gasteiger partial charge on any atom is -0.487 e. The molecular formula is C14H21N3O3. The van der Waals surface area contributed by atoms with Gasteiger partial charge in [-0.05, 0) is 44.8 Å². The third kappa shape index (κ3) is 3.84. The number of ether oxygens (including phenoxy) is 1. The second-order valence-corrected chi connectivity index (χ2v) is 4.95. The van der Waals surface area contributed by atoms with Crippen molar-refractivity contribution in [3.63, 3.8) is 0 Å². The maximum Gasteiger partial charge on any atom is 0.311 e. The molecule has 6 heteroatoms. The molecule has 0 bridgehead atoms. The van der Waals surface area contributed by atoms with Crippen LogP contribution in [0.2, 0.25) is 0 Å². The zero-order valence-electron chi connectivity index (χ0n) is 11.7. The molecule has 110 valence electrons. The van der Waals surface area contributed by atoms with E-state index in [1.807, 2.05) is 6.92 Å². The van der Waals surface area contributed by atoms with E-state index >= 15 is 0 Å². The first-order valence-corrected chi connectivity index (χ1v) is 7.06. The Labute approximate surface area is 118 Å². The fraction of sp³-hybridized carbons (Fsp3) is 0.571. The summed E-state index contributed by atoms with van der Waals surface area (Å²) in [4.78, 5) is 10.5. The molecule has 1 fully saturated rings. The van der Waals surface area contributed by atoms with Crippen molar-refractivity contribution < 1.29 is 9.66 Å². The van der Waals surface area contributed by atoms with Crippen LogP contribution in [0.3, 0.4) is 0 Å². The van der Waals surface area contributed by atoms with E-state index in [9.17, 15) is 10.1 Å². The summed E-state index contributed by atoms with van der Waals surface area (Å²) >= 11 is 0. The number of nitro benzene ring substituents is 1. The minimum absolute atomic E-state index is 0.0132. The van der Waals surface area contributed by atoms with Gasteiger partial charge in [0.05, 0.1) is 11.5 Å². The molecule has 1 aliphatic rings. The topological polar surface area (TPSA) is 76.4 Å². The number of piperidine rings is 1. The van der Waals surface area contributed by atoms with Gasteiger partial charge >= 0.3 is 5.69 Å². The van der Waals surface area contributed by atoms with E-state index in [2.05, 4.69) is 10.6 Å². The molecule has 0 saturated carbocycles. The van der Waals surface area contributed by atoms with Crippen molar-refractivity contribution in [2.24, 2.45) is 5.92 Å². The van der Waals surface area contributed by atoms with Crippen LogP contribution < -0.4 is 15.4 Å². The first kappa shape index (κ1) is 14.6. The minimum atomic E-state index is -0.415. The number of nitrogens with one attached hydrogen (secondary N) is 2. The van der Waals surface area contributed by atoms with E-state index in [1.54, 1.807) is 12.1 Å². The van der Waals surface area contributed by atoms with Crippen molar-refractivity contribution >= 4 is 11.4 Å². The maximum absolute atomic E-state index is 10.9. The Bertz CT molecular complexity index is 459. The van der Waals surface area contributed by atoms with E-state index in [-0.39, 0.29) is 5.69 Å². The monoisotopic (exact) mass is 279 g/mol. The Balaban J connectivity index is 2.00. The summed E-state index contributed by atoms with van der Waals surface area (Å²) < 4.78 is 5.34. The maximum atomic E-state index is 10.9. The zero-order valence-corrected chi connectivity index (χ0v) is 11.7. The summed E-state index contributed by atoms with van der Waals surface area (Å²) in [6, 6.07) is 4.94. The summed E-state index contributed by atoms with van der Waals surface area (Å²) in [7, 11) is 0. The number of nitro groups is 1. The molecule has 2 rings (SSSR count). The van der Waals surface area contributed by atoms with Crippen LogP contribution in [0.5, 0.6) is 5.75 Å². The van der Waals surface area contributed by atoms with E-state index in [0.29, 0.717) is 18.3 Å². The van der Waals surface area contributed by atoms with Crippen LogP contribution in [-0.2, 0) is 0 Å². The van der Waals surface area contributed by atoms with Crippen molar-refractivity contribution in [1.29, 1.82) is 0 Å². The summed E-state index contributed by atoms with van der Waals surface area (Å²) in [5.74, 6) is 0.981. The molecule has 0 aliphatic carbocycles. The number of hydrogen-bond acceptors (Lipinski definition) is 5. The summed E-state index contributed by atoms with van der Waals surface area (Å²) in [5, 5.41) is 17.6. The molecular weight excluding hydrogens is 258 g/mol. The van der Waals surface area contributed by atoms with E-state index in [1.165, 1.54) is 6.07 Å². The van der Waals surface area contributed by atoms with Crippen molar-refractivity contribution in [2.75, 3.05) is 31.6 Å². The van der Waals surface area contributed by atoms with E-state index in [0.717, 1.165) is 38.2 Å². The van der Waals surface area contributed by atoms with Gasteiger partial charge in [-0.3, -0.25) is 10.1 Å². The molecule has 1 aromatic rings. The van der Waals surface area contributed by atoms with Gasteiger partial charge in [-0.25, -0.2) is 0 Å². The molecule has 0 radical (unpaired) electrons. The van der Waals surface area contributed by atoms with Gasteiger partial charge in [0.25, 0.3) is 0 Å². The van der Waals surface area contributed by atoms with Gasteiger partial charge < -0.3 is 15.4 Å². The quantitative estimate of drug-likeness (QED) is 0.617. The van der Waals surface area contributed by atoms with Gasteiger partial charge in [-0.15, -0.1) is 0 Å². The van der Waals surface area contributed by atoms with Crippen LogP contribution in [0.4, 0.5) is 11.4 Å².